The molecule has 6 heteroatoms. The average molecular weight is 391 g/mol. The van der Waals surface area contributed by atoms with Crippen LogP contribution in [0.25, 0.3) is 0 Å². The second-order valence-corrected chi connectivity index (χ2v) is 6.24. The molecule has 0 aliphatic carbocycles. The first-order valence-corrected chi connectivity index (χ1v) is 8.22. The van der Waals surface area contributed by atoms with Gasteiger partial charge in [0.2, 0.25) is 5.91 Å². The van der Waals surface area contributed by atoms with Crippen LogP contribution in [0.3, 0.4) is 0 Å². The number of carbonyl (C=O) groups is 2. The SMILES string of the molecule is CO[C@@H](C(=O)N[C@@H](Cc1ccc(Br)cc1)C(N)=O)c1ccccc1. The van der Waals surface area contributed by atoms with Crippen molar-refractivity contribution in [3.63, 3.8) is 0 Å². The molecular weight excluding hydrogens is 372 g/mol. The topological polar surface area (TPSA) is 81.4 Å². The van der Waals surface area contributed by atoms with Gasteiger partial charge in [-0.25, -0.2) is 0 Å². The van der Waals surface area contributed by atoms with E-state index in [-0.39, 0.29) is 0 Å². The molecule has 0 radical (unpaired) electrons. The second-order valence-electron chi connectivity index (χ2n) is 5.32. The summed E-state index contributed by atoms with van der Waals surface area (Å²) in [5, 5.41) is 2.68. The maximum absolute atomic E-state index is 12.5. The van der Waals surface area contributed by atoms with Gasteiger partial charge in [0.05, 0.1) is 0 Å². The molecule has 0 heterocycles. The largest absolute Gasteiger partial charge is 0.368 e. The molecule has 126 valence electrons. The van der Waals surface area contributed by atoms with Crippen LogP contribution in [-0.4, -0.2) is 25.0 Å². The molecule has 5 nitrogen and oxygen atoms in total. The van der Waals surface area contributed by atoms with E-state index in [1.165, 1.54) is 7.11 Å². The van der Waals surface area contributed by atoms with E-state index in [4.69, 9.17) is 10.5 Å². The number of nitrogens with one attached hydrogen (secondary N) is 1. The third-order valence-electron chi connectivity index (χ3n) is 3.59. The zero-order valence-corrected chi connectivity index (χ0v) is 14.8. The summed E-state index contributed by atoms with van der Waals surface area (Å²) < 4.78 is 6.21. The maximum Gasteiger partial charge on any atom is 0.254 e. The van der Waals surface area contributed by atoms with Crippen LogP contribution in [-0.2, 0) is 20.7 Å². The lowest BCUT2D eigenvalue weighted by Crippen LogP contribution is -2.47. The van der Waals surface area contributed by atoms with Crippen LogP contribution in [0, 0.1) is 0 Å². The molecule has 0 unspecified atom stereocenters. The Balaban J connectivity index is 2.10. The van der Waals surface area contributed by atoms with Crippen LogP contribution in [0.2, 0.25) is 0 Å². The van der Waals surface area contributed by atoms with Gasteiger partial charge in [0.15, 0.2) is 6.10 Å². The van der Waals surface area contributed by atoms with Gasteiger partial charge in [0, 0.05) is 18.0 Å². The molecule has 0 aliphatic rings. The third kappa shape index (κ3) is 4.91. The van der Waals surface area contributed by atoms with E-state index < -0.39 is 24.0 Å². The lowest BCUT2D eigenvalue weighted by atomic mass is 10.0. The molecule has 2 amide bonds. The van der Waals surface area contributed by atoms with Gasteiger partial charge in [-0.15, -0.1) is 0 Å². The molecule has 2 atom stereocenters. The summed E-state index contributed by atoms with van der Waals surface area (Å²) in [6, 6.07) is 15.8. The van der Waals surface area contributed by atoms with Gasteiger partial charge >= 0.3 is 0 Å². The lowest BCUT2D eigenvalue weighted by molar-refractivity contribution is -0.134. The van der Waals surface area contributed by atoms with E-state index in [9.17, 15) is 9.59 Å². The Kier molecular flexibility index (Phi) is 6.52. The first-order chi connectivity index (χ1) is 11.5. The van der Waals surface area contributed by atoms with E-state index in [1.54, 1.807) is 12.1 Å². The predicted molar refractivity (Wildman–Crippen MR) is 95.2 cm³/mol. The highest BCUT2D eigenvalue weighted by Crippen LogP contribution is 2.17. The Morgan fingerprint density at radius 3 is 2.29 bits per heavy atom. The van der Waals surface area contributed by atoms with Crippen molar-refractivity contribution in [2.45, 2.75) is 18.6 Å². The number of hydrogen-bond acceptors (Lipinski definition) is 3. The molecule has 24 heavy (non-hydrogen) atoms. The normalized spacial score (nSPS) is 13.1. The summed E-state index contributed by atoms with van der Waals surface area (Å²) in [5.74, 6) is -0.987. The van der Waals surface area contributed by atoms with Crippen LogP contribution >= 0.6 is 15.9 Å². The average Bonchev–Trinajstić information content (AvgIpc) is 2.57. The Bertz CT molecular complexity index is 689. The molecule has 0 aromatic heterocycles. The maximum atomic E-state index is 12.5. The first-order valence-electron chi connectivity index (χ1n) is 7.43. The number of hydrogen-bond donors (Lipinski definition) is 2. The second kappa shape index (κ2) is 8.61. The number of halogens is 1. The summed E-state index contributed by atoms with van der Waals surface area (Å²) in [5.41, 5.74) is 7.05. The van der Waals surface area contributed by atoms with Crippen molar-refractivity contribution in [3.05, 3.63) is 70.2 Å². The van der Waals surface area contributed by atoms with E-state index in [0.29, 0.717) is 12.0 Å². The fourth-order valence-corrected chi connectivity index (χ4v) is 2.61. The molecule has 3 N–H and O–H groups in total. The molecule has 2 aromatic carbocycles. The monoisotopic (exact) mass is 390 g/mol. The van der Waals surface area contributed by atoms with Gasteiger partial charge < -0.3 is 15.8 Å². The standard InChI is InChI=1S/C18H19BrN2O3/c1-24-16(13-5-3-2-4-6-13)18(23)21-15(17(20)22)11-12-7-9-14(19)10-8-12/h2-10,15-16H,11H2,1H3,(H2,20,22)(H,21,23)/t15-,16+/m0/s1. The number of nitrogens with two attached hydrogens (primary N) is 1. The van der Waals surface area contributed by atoms with Gasteiger partial charge in [0.25, 0.3) is 5.91 Å². The van der Waals surface area contributed by atoms with E-state index in [2.05, 4.69) is 21.2 Å². The zero-order chi connectivity index (χ0) is 17.5. The van der Waals surface area contributed by atoms with Crippen molar-refractivity contribution in [1.29, 1.82) is 0 Å². The number of primary amides is 1. The summed E-state index contributed by atoms with van der Waals surface area (Å²) in [6.07, 6.45) is -0.475. The Hall–Kier alpha value is -2.18. The fraction of sp³-hybridized carbons (Fsp3) is 0.222. The van der Waals surface area contributed by atoms with Gasteiger partial charge in [-0.05, 0) is 23.3 Å². The minimum Gasteiger partial charge on any atom is -0.368 e. The van der Waals surface area contributed by atoms with Crippen molar-refractivity contribution in [2.24, 2.45) is 5.73 Å². The van der Waals surface area contributed by atoms with Crippen molar-refractivity contribution in [2.75, 3.05) is 7.11 Å². The molecular formula is C18H19BrN2O3. The van der Waals surface area contributed by atoms with Gasteiger partial charge in [0.1, 0.15) is 6.04 Å². The van der Waals surface area contributed by atoms with E-state index in [1.807, 2.05) is 42.5 Å². The van der Waals surface area contributed by atoms with Crippen molar-refractivity contribution < 1.29 is 14.3 Å². The highest BCUT2D eigenvalue weighted by atomic mass is 79.9. The minimum absolute atomic E-state index is 0.319. The molecule has 0 bridgehead atoms. The third-order valence-corrected chi connectivity index (χ3v) is 4.12. The molecule has 2 aromatic rings. The molecule has 0 aliphatic heterocycles. The van der Waals surface area contributed by atoms with Gasteiger partial charge in [-0.2, -0.15) is 0 Å². The van der Waals surface area contributed by atoms with E-state index >= 15 is 0 Å². The number of methoxy groups -OCH3 is 1. The van der Waals surface area contributed by atoms with Gasteiger partial charge in [-0.3, -0.25) is 9.59 Å². The smallest absolute Gasteiger partial charge is 0.254 e. The van der Waals surface area contributed by atoms with Crippen molar-refractivity contribution in [3.8, 4) is 0 Å². The van der Waals surface area contributed by atoms with Crippen LogP contribution < -0.4 is 11.1 Å². The molecule has 2 rings (SSSR count). The fourth-order valence-electron chi connectivity index (χ4n) is 2.35. The number of carbonyl (C=O) groups excluding carboxylic acids is 2. The van der Waals surface area contributed by atoms with Crippen LogP contribution in [0.5, 0.6) is 0 Å². The van der Waals surface area contributed by atoms with Crippen LogP contribution in [0.1, 0.15) is 17.2 Å². The molecule has 0 fully saturated rings. The van der Waals surface area contributed by atoms with Crippen molar-refractivity contribution in [1.82, 2.24) is 5.32 Å². The summed E-state index contributed by atoms with van der Waals surface area (Å²) in [7, 11) is 1.45. The molecule has 0 saturated heterocycles. The quantitative estimate of drug-likeness (QED) is 0.760. The predicted octanol–water partition coefficient (Wildman–Crippen LogP) is 2.35. The molecule has 0 spiro atoms. The Labute approximate surface area is 149 Å². The number of benzene rings is 2. The first kappa shape index (κ1) is 18.2. The number of amides is 2. The lowest BCUT2D eigenvalue weighted by Gasteiger charge is -2.20. The highest BCUT2D eigenvalue weighted by molar-refractivity contribution is 9.10. The molecule has 0 saturated carbocycles. The van der Waals surface area contributed by atoms with Crippen LogP contribution in [0.4, 0.5) is 0 Å². The minimum atomic E-state index is -0.806. The van der Waals surface area contributed by atoms with Crippen molar-refractivity contribution >= 4 is 27.7 Å². The summed E-state index contributed by atoms with van der Waals surface area (Å²) >= 11 is 3.36. The summed E-state index contributed by atoms with van der Waals surface area (Å²) in [4.78, 5) is 24.2. The van der Waals surface area contributed by atoms with E-state index in [0.717, 1.165) is 10.0 Å². The van der Waals surface area contributed by atoms with Gasteiger partial charge in [-0.1, -0.05) is 58.4 Å². The highest BCUT2D eigenvalue weighted by Gasteiger charge is 2.25. The zero-order valence-electron chi connectivity index (χ0n) is 13.2. The Morgan fingerprint density at radius 2 is 1.75 bits per heavy atom. The number of ether oxygens (including phenoxy) is 1. The number of rotatable bonds is 7. The van der Waals surface area contributed by atoms with Crippen LogP contribution in [0.15, 0.2) is 59.1 Å². The summed E-state index contributed by atoms with van der Waals surface area (Å²) in [6.45, 7) is 0. The Morgan fingerprint density at radius 1 is 1.12 bits per heavy atom.